The molecular formula is C14H25NO4. The summed E-state index contributed by atoms with van der Waals surface area (Å²) in [6.45, 7) is 3.78. The number of hydrogen-bond donors (Lipinski definition) is 2. The minimum Gasteiger partial charge on any atom is -0.481 e. The molecule has 0 aliphatic heterocycles. The van der Waals surface area contributed by atoms with Crippen LogP contribution in [0.25, 0.3) is 0 Å². The van der Waals surface area contributed by atoms with Crippen LogP contribution in [0.3, 0.4) is 0 Å². The van der Waals surface area contributed by atoms with Gasteiger partial charge < -0.3 is 10.4 Å². The van der Waals surface area contributed by atoms with Crippen LogP contribution < -0.4 is 5.32 Å². The summed E-state index contributed by atoms with van der Waals surface area (Å²) in [7, 11) is 0. The highest BCUT2D eigenvalue weighted by Gasteiger charge is 2.15. The Hall–Kier alpha value is -1.39. The Morgan fingerprint density at radius 3 is 2.21 bits per heavy atom. The number of carbonyl (C=O) groups excluding carboxylic acids is 2. The molecule has 5 nitrogen and oxygen atoms in total. The van der Waals surface area contributed by atoms with E-state index in [0.29, 0.717) is 6.42 Å². The standard InChI is InChI=1S/C14H25NO4/c1-3-4-5-6-7-8-12(16)11(2)15-13(17)9-10-14(18)19/h11H,3-10H2,1-2H3,(H,15,17)(H,18,19)/t11-/m0/s1. The van der Waals surface area contributed by atoms with Crippen LogP contribution in [0.1, 0.15) is 65.2 Å². The van der Waals surface area contributed by atoms with E-state index in [0.717, 1.165) is 19.3 Å². The van der Waals surface area contributed by atoms with Crippen LogP contribution >= 0.6 is 0 Å². The fourth-order valence-electron chi connectivity index (χ4n) is 1.73. The van der Waals surface area contributed by atoms with Crippen molar-refractivity contribution < 1.29 is 19.5 Å². The Balaban J connectivity index is 3.74. The van der Waals surface area contributed by atoms with Crippen molar-refractivity contribution in [3.05, 3.63) is 0 Å². The first-order chi connectivity index (χ1) is 8.97. The third-order valence-electron chi connectivity index (χ3n) is 2.95. The highest BCUT2D eigenvalue weighted by Crippen LogP contribution is 2.06. The number of Topliss-reactive ketones (excluding diaryl/α,β-unsaturated/α-hetero) is 1. The van der Waals surface area contributed by atoms with Gasteiger partial charge >= 0.3 is 5.97 Å². The molecule has 0 aromatic carbocycles. The normalized spacial score (nSPS) is 11.9. The van der Waals surface area contributed by atoms with Gasteiger partial charge in [-0.1, -0.05) is 32.6 Å². The largest absolute Gasteiger partial charge is 0.481 e. The van der Waals surface area contributed by atoms with Gasteiger partial charge in [-0.2, -0.15) is 0 Å². The molecule has 0 saturated carbocycles. The second-order valence-electron chi connectivity index (χ2n) is 4.81. The van der Waals surface area contributed by atoms with Gasteiger partial charge in [0, 0.05) is 12.8 Å². The molecule has 0 aliphatic rings. The lowest BCUT2D eigenvalue weighted by Crippen LogP contribution is -2.38. The number of amides is 1. The van der Waals surface area contributed by atoms with E-state index >= 15 is 0 Å². The second kappa shape index (κ2) is 10.5. The Kier molecular flexibility index (Phi) is 9.75. The number of carboxylic acid groups (broad SMARTS) is 1. The summed E-state index contributed by atoms with van der Waals surface area (Å²) in [5.41, 5.74) is 0. The van der Waals surface area contributed by atoms with Crippen LogP contribution in [0, 0.1) is 0 Å². The maximum atomic E-state index is 11.7. The molecule has 0 radical (unpaired) electrons. The molecule has 1 amide bonds. The molecule has 0 aliphatic carbocycles. The molecular weight excluding hydrogens is 246 g/mol. The van der Waals surface area contributed by atoms with E-state index in [-0.39, 0.29) is 24.5 Å². The number of hydrogen-bond acceptors (Lipinski definition) is 3. The van der Waals surface area contributed by atoms with Crippen LogP contribution in [0.15, 0.2) is 0 Å². The average Bonchev–Trinajstić information content (AvgIpc) is 2.35. The molecule has 0 unspecified atom stereocenters. The summed E-state index contributed by atoms with van der Waals surface area (Å²) < 4.78 is 0. The van der Waals surface area contributed by atoms with Crippen LogP contribution in [0.4, 0.5) is 0 Å². The molecule has 110 valence electrons. The van der Waals surface area contributed by atoms with E-state index in [1.54, 1.807) is 6.92 Å². The van der Waals surface area contributed by atoms with E-state index in [1.165, 1.54) is 12.8 Å². The van der Waals surface area contributed by atoms with Crippen molar-refractivity contribution >= 4 is 17.7 Å². The SMILES string of the molecule is CCCCCCCC(=O)[C@H](C)NC(=O)CCC(=O)O. The first kappa shape index (κ1) is 17.6. The van der Waals surface area contributed by atoms with Gasteiger partial charge in [0.1, 0.15) is 0 Å². The lowest BCUT2D eigenvalue weighted by molar-refractivity contribution is -0.139. The number of rotatable bonds is 11. The summed E-state index contributed by atoms with van der Waals surface area (Å²) in [6.07, 6.45) is 5.59. The predicted molar refractivity (Wildman–Crippen MR) is 72.9 cm³/mol. The molecule has 0 bridgehead atoms. The van der Waals surface area contributed by atoms with Gasteiger partial charge in [-0.25, -0.2) is 0 Å². The Labute approximate surface area is 114 Å². The lowest BCUT2D eigenvalue weighted by atomic mass is 10.1. The third kappa shape index (κ3) is 10.2. The van der Waals surface area contributed by atoms with E-state index < -0.39 is 12.0 Å². The van der Waals surface area contributed by atoms with Gasteiger partial charge in [0.15, 0.2) is 5.78 Å². The molecule has 19 heavy (non-hydrogen) atoms. The Bertz CT molecular complexity index is 302. The number of ketones is 1. The number of carboxylic acids is 1. The van der Waals surface area contributed by atoms with Crippen molar-refractivity contribution in [1.29, 1.82) is 0 Å². The number of carbonyl (C=O) groups is 3. The van der Waals surface area contributed by atoms with Crippen LogP contribution in [0.5, 0.6) is 0 Å². The second-order valence-corrected chi connectivity index (χ2v) is 4.81. The zero-order valence-electron chi connectivity index (χ0n) is 11.9. The highest BCUT2D eigenvalue weighted by atomic mass is 16.4. The molecule has 0 aromatic heterocycles. The molecule has 0 rings (SSSR count). The fourth-order valence-corrected chi connectivity index (χ4v) is 1.73. The number of unbranched alkanes of at least 4 members (excludes halogenated alkanes) is 4. The summed E-state index contributed by atoms with van der Waals surface area (Å²) in [6, 6.07) is -0.521. The quantitative estimate of drug-likeness (QED) is 0.565. The highest BCUT2D eigenvalue weighted by molar-refractivity contribution is 5.89. The summed E-state index contributed by atoms with van der Waals surface area (Å²) in [5, 5.41) is 11.0. The third-order valence-corrected chi connectivity index (χ3v) is 2.95. The summed E-state index contributed by atoms with van der Waals surface area (Å²) in [5.74, 6) is -1.38. The van der Waals surface area contributed by atoms with Gasteiger partial charge in [-0.15, -0.1) is 0 Å². The van der Waals surface area contributed by atoms with E-state index in [9.17, 15) is 14.4 Å². The molecule has 0 aromatic rings. The topological polar surface area (TPSA) is 83.5 Å². The maximum Gasteiger partial charge on any atom is 0.303 e. The van der Waals surface area contributed by atoms with Gasteiger partial charge in [-0.05, 0) is 13.3 Å². The molecule has 0 spiro atoms. The minimum atomic E-state index is -1.01. The lowest BCUT2D eigenvalue weighted by Gasteiger charge is -2.12. The van der Waals surface area contributed by atoms with E-state index in [1.807, 2.05) is 0 Å². The fraction of sp³-hybridized carbons (Fsp3) is 0.786. The molecule has 0 saturated heterocycles. The molecule has 0 heterocycles. The van der Waals surface area contributed by atoms with Gasteiger partial charge in [0.05, 0.1) is 12.5 Å². The van der Waals surface area contributed by atoms with Crippen LogP contribution in [0.2, 0.25) is 0 Å². The van der Waals surface area contributed by atoms with Gasteiger partial charge in [-0.3, -0.25) is 14.4 Å². The first-order valence-corrected chi connectivity index (χ1v) is 7.01. The molecule has 1 atom stereocenters. The zero-order valence-corrected chi connectivity index (χ0v) is 11.9. The van der Waals surface area contributed by atoms with Crippen molar-refractivity contribution in [3.63, 3.8) is 0 Å². The van der Waals surface area contributed by atoms with Gasteiger partial charge in [0.25, 0.3) is 0 Å². The first-order valence-electron chi connectivity index (χ1n) is 7.01. The molecule has 0 fully saturated rings. The van der Waals surface area contributed by atoms with E-state index in [2.05, 4.69) is 12.2 Å². The monoisotopic (exact) mass is 271 g/mol. The zero-order chi connectivity index (χ0) is 14.7. The number of aliphatic carboxylic acids is 1. The van der Waals surface area contributed by atoms with Crippen molar-refractivity contribution in [1.82, 2.24) is 5.32 Å². The van der Waals surface area contributed by atoms with Crippen molar-refractivity contribution in [2.24, 2.45) is 0 Å². The van der Waals surface area contributed by atoms with Gasteiger partial charge in [0.2, 0.25) is 5.91 Å². The molecule has 5 heteroatoms. The van der Waals surface area contributed by atoms with Crippen LogP contribution in [-0.2, 0) is 14.4 Å². The summed E-state index contributed by atoms with van der Waals surface area (Å²) >= 11 is 0. The van der Waals surface area contributed by atoms with Crippen molar-refractivity contribution in [3.8, 4) is 0 Å². The number of nitrogens with one attached hydrogen (secondary N) is 1. The molecule has 2 N–H and O–H groups in total. The summed E-state index contributed by atoms with van der Waals surface area (Å²) in [4.78, 5) is 33.4. The maximum absolute atomic E-state index is 11.7. The Morgan fingerprint density at radius 1 is 1.00 bits per heavy atom. The van der Waals surface area contributed by atoms with E-state index in [4.69, 9.17) is 5.11 Å². The smallest absolute Gasteiger partial charge is 0.303 e. The van der Waals surface area contributed by atoms with Crippen LogP contribution in [-0.4, -0.2) is 28.8 Å². The minimum absolute atomic E-state index is 0.0140. The van der Waals surface area contributed by atoms with Crippen molar-refractivity contribution in [2.45, 2.75) is 71.3 Å². The van der Waals surface area contributed by atoms with Crippen molar-refractivity contribution in [2.75, 3.05) is 0 Å². The average molecular weight is 271 g/mol. The predicted octanol–water partition coefficient (Wildman–Crippen LogP) is 2.29. The Morgan fingerprint density at radius 2 is 1.63 bits per heavy atom.